The Morgan fingerprint density at radius 2 is 1.81 bits per heavy atom. The molecule has 1 amide bonds. The minimum Gasteiger partial charge on any atom is -0.489 e. The number of benzene rings is 2. The molecular weight excluding hydrogens is 399 g/mol. The van der Waals surface area contributed by atoms with Gasteiger partial charge in [-0.3, -0.25) is 4.79 Å². The highest BCUT2D eigenvalue weighted by Gasteiger charge is 2.21. The van der Waals surface area contributed by atoms with E-state index in [9.17, 15) is 4.79 Å². The molecule has 3 aromatic rings. The number of carbonyl (C=O) groups is 1. The van der Waals surface area contributed by atoms with E-state index < -0.39 is 5.91 Å². The Morgan fingerprint density at radius 3 is 2.50 bits per heavy atom. The summed E-state index contributed by atoms with van der Waals surface area (Å²) in [6.45, 7) is 1.83. The molecule has 1 N–H and O–H groups in total. The number of hydrogen-bond acceptors (Lipinski definition) is 4. The molecule has 0 fully saturated rings. The molecule has 2 aromatic carbocycles. The van der Waals surface area contributed by atoms with Gasteiger partial charge in [-0.05, 0) is 49.4 Å². The van der Waals surface area contributed by atoms with E-state index in [4.69, 9.17) is 44.1 Å². The van der Waals surface area contributed by atoms with E-state index >= 15 is 0 Å². The van der Waals surface area contributed by atoms with Gasteiger partial charge < -0.3 is 14.6 Å². The first-order chi connectivity index (χ1) is 12.4. The normalized spacial score (nSPS) is 10.6. The van der Waals surface area contributed by atoms with Gasteiger partial charge in [0.15, 0.2) is 5.69 Å². The molecule has 1 heterocycles. The van der Waals surface area contributed by atoms with Crippen LogP contribution in [-0.4, -0.2) is 11.1 Å². The van der Waals surface area contributed by atoms with Crippen LogP contribution in [0.4, 0.5) is 5.69 Å². The summed E-state index contributed by atoms with van der Waals surface area (Å²) in [6, 6.07) is 11.7. The maximum Gasteiger partial charge on any atom is 0.278 e. The summed E-state index contributed by atoms with van der Waals surface area (Å²) < 4.78 is 10.8. The summed E-state index contributed by atoms with van der Waals surface area (Å²) in [5, 5.41) is 7.92. The van der Waals surface area contributed by atoms with Crippen molar-refractivity contribution in [1.29, 1.82) is 0 Å². The second-order valence-corrected chi connectivity index (χ2v) is 6.67. The first kappa shape index (κ1) is 18.6. The van der Waals surface area contributed by atoms with Crippen molar-refractivity contribution >= 4 is 46.4 Å². The van der Waals surface area contributed by atoms with Gasteiger partial charge in [0, 0.05) is 10.0 Å². The Kier molecular flexibility index (Phi) is 5.71. The number of anilines is 1. The van der Waals surface area contributed by atoms with Gasteiger partial charge in [0.05, 0.1) is 16.3 Å². The van der Waals surface area contributed by atoms with Crippen molar-refractivity contribution in [2.45, 2.75) is 13.5 Å². The average Bonchev–Trinajstić information content (AvgIpc) is 2.98. The number of rotatable bonds is 5. The predicted molar refractivity (Wildman–Crippen MR) is 101 cm³/mol. The van der Waals surface area contributed by atoms with Crippen molar-refractivity contribution < 1.29 is 14.1 Å². The minimum absolute atomic E-state index is 0.119. The number of nitrogens with zero attached hydrogens (tertiary/aromatic N) is 1. The van der Waals surface area contributed by atoms with Crippen LogP contribution in [0.3, 0.4) is 0 Å². The zero-order valence-electron chi connectivity index (χ0n) is 13.6. The number of aromatic nitrogens is 1. The standard InChI is InChI=1S/C18H13Cl3N2O3/c1-10-14(9-25-13-5-2-11(19)3-6-13)17(23-26-10)18(24)22-16-7-4-12(20)8-15(16)21/h2-8H,9H2,1H3,(H,22,24). The van der Waals surface area contributed by atoms with Gasteiger partial charge in [-0.15, -0.1) is 0 Å². The van der Waals surface area contributed by atoms with Crippen LogP contribution in [0.2, 0.25) is 15.1 Å². The minimum atomic E-state index is -0.458. The van der Waals surface area contributed by atoms with Crippen LogP contribution in [0.5, 0.6) is 5.75 Å². The smallest absolute Gasteiger partial charge is 0.278 e. The van der Waals surface area contributed by atoms with Crippen molar-refractivity contribution in [2.75, 3.05) is 5.32 Å². The molecule has 0 saturated heterocycles. The van der Waals surface area contributed by atoms with Gasteiger partial charge in [-0.1, -0.05) is 40.0 Å². The first-order valence-electron chi connectivity index (χ1n) is 7.54. The summed E-state index contributed by atoms with van der Waals surface area (Å²) in [7, 11) is 0. The number of aryl methyl sites for hydroxylation is 1. The highest BCUT2D eigenvalue weighted by Crippen LogP contribution is 2.26. The van der Waals surface area contributed by atoms with Gasteiger partial charge in [-0.2, -0.15) is 0 Å². The molecular formula is C18H13Cl3N2O3. The largest absolute Gasteiger partial charge is 0.489 e. The highest BCUT2D eigenvalue weighted by atomic mass is 35.5. The van der Waals surface area contributed by atoms with Crippen molar-refractivity contribution in [3.8, 4) is 5.75 Å². The lowest BCUT2D eigenvalue weighted by molar-refractivity contribution is 0.101. The van der Waals surface area contributed by atoms with Crippen LogP contribution < -0.4 is 10.1 Å². The number of hydrogen-bond donors (Lipinski definition) is 1. The van der Waals surface area contributed by atoms with Gasteiger partial charge in [0.1, 0.15) is 18.1 Å². The fourth-order valence-electron chi connectivity index (χ4n) is 2.20. The summed E-state index contributed by atoms with van der Waals surface area (Å²) in [5.41, 5.74) is 1.09. The number of amides is 1. The molecule has 0 unspecified atom stereocenters. The third-order valence-corrected chi connectivity index (χ3v) is 4.38. The molecule has 0 spiro atoms. The quantitative estimate of drug-likeness (QED) is 0.578. The molecule has 0 atom stereocenters. The Bertz CT molecular complexity index is 939. The number of ether oxygens (including phenoxy) is 1. The number of halogens is 3. The fourth-order valence-corrected chi connectivity index (χ4v) is 2.78. The molecule has 134 valence electrons. The molecule has 0 aliphatic carbocycles. The molecule has 5 nitrogen and oxygen atoms in total. The van der Waals surface area contributed by atoms with Crippen LogP contribution in [0.1, 0.15) is 21.8 Å². The predicted octanol–water partition coefficient (Wildman–Crippen LogP) is 5.77. The zero-order chi connectivity index (χ0) is 18.7. The lowest BCUT2D eigenvalue weighted by Crippen LogP contribution is -2.15. The molecule has 0 bridgehead atoms. The van der Waals surface area contributed by atoms with Crippen LogP contribution in [0.15, 0.2) is 47.0 Å². The van der Waals surface area contributed by atoms with Gasteiger partial charge in [0.25, 0.3) is 5.91 Å². The number of nitrogens with one attached hydrogen (secondary N) is 1. The Labute approximate surface area is 164 Å². The van der Waals surface area contributed by atoms with E-state index in [1.54, 1.807) is 43.3 Å². The second kappa shape index (κ2) is 7.99. The lowest BCUT2D eigenvalue weighted by atomic mass is 10.2. The SMILES string of the molecule is Cc1onc(C(=O)Nc2ccc(Cl)cc2Cl)c1COc1ccc(Cl)cc1. The first-order valence-corrected chi connectivity index (χ1v) is 8.67. The topological polar surface area (TPSA) is 64.4 Å². The molecule has 26 heavy (non-hydrogen) atoms. The summed E-state index contributed by atoms with van der Waals surface area (Å²) in [6.07, 6.45) is 0. The fraction of sp³-hybridized carbons (Fsp3) is 0.111. The molecule has 3 rings (SSSR count). The third-order valence-electron chi connectivity index (χ3n) is 3.58. The summed E-state index contributed by atoms with van der Waals surface area (Å²) in [5.74, 6) is 0.647. The van der Waals surface area contributed by atoms with Crippen molar-refractivity contribution in [1.82, 2.24) is 5.16 Å². The van der Waals surface area contributed by atoms with Crippen LogP contribution >= 0.6 is 34.8 Å². The molecule has 0 aliphatic heterocycles. The van der Waals surface area contributed by atoms with E-state index in [1.807, 2.05) is 0 Å². The molecule has 0 aliphatic rings. The van der Waals surface area contributed by atoms with E-state index in [-0.39, 0.29) is 12.3 Å². The van der Waals surface area contributed by atoms with Crippen LogP contribution in [0, 0.1) is 6.92 Å². The molecule has 8 heteroatoms. The van der Waals surface area contributed by atoms with Crippen molar-refractivity contribution in [2.24, 2.45) is 0 Å². The summed E-state index contributed by atoms with van der Waals surface area (Å²) in [4.78, 5) is 12.5. The molecule has 1 aromatic heterocycles. The Balaban J connectivity index is 1.76. The van der Waals surface area contributed by atoms with Gasteiger partial charge >= 0.3 is 0 Å². The van der Waals surface area contributed by atoms with Crippen molar-refractivity contribution in [3.05, 3.63) is 74.6 Å². The Morgan fingerprint density at radius 1 is 1.12 bits per heavy atom. The van der Waals surface area contributed by atoms with Crippen molar-refractivity contribution in [3.63, 3.8) is 0 Å². The Hall–Kier alpha value is -2.21. The van der Waals surface area contributed by atoms with E-state index in [0.29, 0.717) is 37.8 Å². The van der Waals surface area contributed by atoms with E-state index in [2.05, 4.69) is 10.5 Å². The lowest BCUT2D eigenvalue weighted by Gasteiger charge is -2.08. The second-order valence-electron chi connectivity index (χ2n) is 5.39. The number of carbonyl (C=O) groups excluding carboxylic acids is 1. The van der Waals surface area contributed by atoms with Crippen LogP contribution in [0.25, 0.3) is 0 Å². The average molecular weight is 412 g/mol. The maximum atomic E-state index is 12.5. The van der Waals surface area contributed by atoms with E-state index in [1.165, 1.54) is 6.07 Å². The van der Waals surface area contributed by atoms with E-state index in [0.717, 1.165) is 0 Å². The third kappa shape index (κ3) is 4.30. The van der Waals surface area contributed by atoms with Crippen LogP contribution in [-0.2, 0) is 6.61 Å². The summed E-state index contributed by atoms with van der Waals surface area (Å²) >= 11 is 17.8. The molecule has 0 radical (unpaired) electrons. The monoisotopic (exact) mass is 410 g/mol. The zero-order valence-corrected chi connectivity index (χ0v) is 15.8. The van der Waals surface area contributed by atoms with Gasteiger partial charge in [0.2, 0.25) is 0 Å². The van der Waals surface area contributed by atoms with Gasteiger partial charge in [-0.25, -0.2) is 0 Å². The highest BCUT2D eigenvalue weighted by molar-refractivity contribution is 6.36. The molecule has 0 saturated carbocycles. The maximum absolute atomic E-state index is 12.5.